The lowest BCUT2D eigenvalue weighted by Gasteiger charge is -2.07. The number of nitrogens with one attached hydrogen (secondary N) is 2. The van der Waals surface area contributed by atoms with Gasteiger partial charge in [-0.25, -0.2) is 4.98 Å². The number of amides is 2. The first-order chi connectivity index (χ1) is 12.5. The van der Waals surface area contributed by atoms with E-state index >= 15 is 0 Å². The minimum absolute atomic E-state index is 0.116. The Kier molecular flexibility index (Phi) is 5.48. The maximum Gasteiger partial charge on any atom is 0.263 e. The Hall–Kier alpha value is -2.52. The molecule has 7 nitrogen and oxygen atoms in total. The van der Waals surface area contributed by atoms with Crippen molar-refractivity contribution < 1.29 is 9.59 Å². The van der Waals surface area contributed by atoms with Crippen LogP contribution in [0.2, 0.25) is 0 Å². The fraction of sp³-hybridized carbons (Fsp3) is 0.294. The average molecular weight is 390 g/mol. The van der Waals surface area contributed by atoms with E-state index in [2.05, 4.69) is 15.6 Å². The Bertz CT molecular complexity index is 1020. The van der Waals surface area contributed by atoms with Gasteiger partial charge in [0.15, 0.2) is 0 Å². The number of aryl methyl sites for hydroxylation is 1. The van der Waals surface area contributed by atoms with Crippen molar-refractivity contribution >= 4 is 44.7 Å². The van der Waals surface area contributed by atoms with Crippen LogP contribution in [0.15, 0.2) is 28.6 Å². The van der Waals surface area contributed by atoms with Crippen LogP contribution < -0.4 is 16.2 Å². The highest BCUT2D eigenvalue weighted by Gasteiger charge is 2.16. The van der Waals surface area contributed by atoms with Crippen molar-refractivity contribution in [3.05, 3.63) is 39.1 Å². The summed E-state index contributed by atoms with van der Waals surface area (Å²) in [5.74, 6) is -0.682. The third-order valence-electron chi connectivity index (χ3n) is 3.70. The number of rotatable bonds is 6. The van der Waals surface area contributed by atoms with E-state index in [0.29, 0.717) is 16.8 Å². The maximum atomic E-state index is 12.8. The number of carbonyl (C=O) groups is 2. The minimum atomic E-state index is -0.414. The van der Waals surface area contributed by atoms with E-state index < -0.39 is 5.91 Å². The lowest BCUT2D eigenvalue weighted by Crippen LogP contribution is -2.39. The van der Waals surface area contributed by atoms with Crippen molar-refractivity contribution in [2.75, 3.05) is 13.1 Å². The van der Waals surface area contributed by atoms with Crippen LogP contribution in [0, 0.1) is 6.92 Å². The number of aromatic nitrogens is 2. The van der Waals surface area contributed by atoms with Gasteiger partial charge in [-0.15, -0.1) is 22.7 Å². The molecular formula is C17H18N4O3S2. The van der Waals surface area contributed by atoms with E-state index in [1.54, 1.807) is 18.3 Å². The third kappa shape index (κ3) is 3.83. The Morgan fingerprint density at radius 1 is 1.23 bits per heavy atom. The van der Waals surface area contributed by atoms with Crippen molar-refractivity contribution in [2.24, 2.45) is 0 Å². The van der Waals surface area contributed by atoms with Gasteiger partial charge in [-0.2, -0.15) is 0 Å². The van der Waals surface area contributed by atoms with Crippen molar-refractivity contribution in [2.45, 2.75) is 20.4 Å². The third-order valence-corrected chi connectivity index (χ3v) is 5.62. The number of fused-ring (bicyclic) bond motifs is 1. The van der Waals surface area contributed by atoms with E-state index in [0.717, 1.165) is 15.3 Å². The molecule has 0 saturated carbocycles. The second-order valence-electron chi connectivity index (χ2n) is 5.65. The van der Waals surface area contributed by atoms with Gasteiger partial charge in [0.05, 0.1) is 18.3 Å². The maximum absolute atomic E-state index is 12.8. The zero-order valence-electron chi connectivity index (χ0n) is 14.4. The van der Waals surface area contributed by atoms with E-state index in [9.17, 15) is 14.4 Å². The summed E-state index contributed by atoms with van der Waals surface area (Å²) in [4.78, 5) is 43.4. The lowest BCUT2D eigenvalue weighted by atomic mass is 10.2. The summed E-state index contributed by atoms with van der Waals surface area (Å²) in [6, 6.07) is 3.99. The molecule has 0 unspecified atom stereocenters. The SMILES string of the molecule is CCNC(=O)CNC(=O)Cn1cnc2scc(-c3ccc(C)s3)c2c1=O. The quantitative estimate of drug-likeness (QED) is 0.671. The number of nitrogens with zero attached hydrogens (tertiary/aromatic N) is 2. The first-order valence-corrected chi connectivity index (χ1v) is 9.76. The number of carbonyl (C=O) groups excluding carboxylic acids is 2. The Balaban J connectivity index is 1.84. The Morgan fingerprint density at radius 2 is 2.04 bits per heavy atom. The van der Waals surface area contributed by atoms with Gasteiger partial charge < -0.3 is 10.6 Å². The molecule has 0 spiro atoms. The van der Waals surface area contributed by atoms with Crippen molar-refractivity contribution in [1.29, 1.82) is 0 Å². The molecule has 9 heteroatoms. The molecule has 0 aromatic carbocycles. The largest absolute Gasteiger partial charge is 0.355 e. The van der Waals surface area contributed by atoms with E-state index in [1.807, 2.05) is 24.4 Å². The van der Waals surface area contributed by atoms with Crippen LogP contribution >= 0.6 is 22.7 Å². The predicted octanol–water partition coefficient (Wildman–Crippen LogP) is 1.75. The summed E-state index contributed by atoms with van der Waals surface area (Å²) in [7, 11) is 0. The van der Waals surface area contributed by atoms with Gasteiger partial charge in [-0.05, 0) is 26.0 Å². The van der Waals surface area contributed by atoms with Crippen molar-refractivity contribution in [3.63, 3.8) is 0 Å². The molecule has 0 saturated heterocycles. The first kappa shape index (κ1) is 18.3. The predicted molar refractivity (Wildman–Crippen MR) is 104 cm³/mol. The standard InChI is InChI=1S/C17H18N4O3S2/c1-3-18-13(22)6-19-14(23)7-21-9-20-16-15(17(21)24)11(8-25-16)12-5-4-10(2)26-12/h4-5,8-9H,3,6-7H2,1-2H3,(H,18,22)(H,19,23). The van der Waals surface area contributed by atoms with Crippen LogP contribution in [0.3, 0.4) is 0 Å². The van der Waals surface area contributed by atoms with Crippen molar-refractivity contribution in [1.82, 2.24) is 20.2 Å². The molecule has 0 atom stereocenters. The van der Waals surface area contributed by atoms with Crippen LogP contribution in [0.4, 0.5) is 0 Å². The van der Waals surface area contributed by atoms with Gasteiger partial charge in [0.25, 0.3) is 5.56 Å². The fourth-order valence-electron chi connectivity index (χ4n) is 2.49. The molecule has 0 radical (unpaired) electrons. The van der Waals surface area contributed by atoms with E-state index in [1.165, 1.54) is 22.2 Å². The van der Waals surface area contributed by atoms with E-state index in [4.69, 9.17) is 0 Å². The normalized spacial score (nSPS) is 10.8. The fourth-order valence-corrected chi connectivity index (χ4v) is 4.35. The van der Waals surface area contributed by atoms with Crippen LogP contribution in [-0.4, -0.2) is 34.5 Å². The van der Waals surface area contributed by atoms with Gasteiger partial charge >= 0.3 is 0 Å². The molecule has 2 N–H and O–H groups in total. The van der Waals surface area contributed by atoms with Crippen LogP contribution in [0.25, 0.3) is 20.7 Å². The van der Waals surface area contributed by atoms with Gasteiger partial charge in [-0.3, -0.25) is 19.0 Å². The summed E-state index contributed by atoms with van der Waals surface area (Å²) in [6.45, 7) is 4.01. The molecule has 0 bridgehead atoms. The molecule has 3 aromatic heterocycles. The zero-order valence-corrected chi connectivity index (χ0v) is 16.0. The molecule has 0 aliphatic carbocycles. The van der Waals surface area contributed by atoms with Crippen LogP contribution in [0.1, 0.15) is 11.8 Å². The summed E-state index contributed by atoms with van der Waals surface area (Å²) in [5.41, 5.74) is 0.586. The number of hydrogen-bond donors (Lipinski definition) is 2. The number of likely N-dealkylation sites (N-methyl/N-ethyl adjacent to an activating group) is 1. The highest BCUT2D eigenvalue weighted by atomic mass is 32.1. The summed E-state index contributed by atoms with van der Waals surface area (Å²) in [5, 5.41) is 7.54. The molecule has 26 heavy (non-hydrogen) atoms. The topological polar surface area (TPSA) is 93.1 Å². The zero-order chi connectivity index (χ0) is 18.7. The molecule has 0 fully saturated rings. The average Bonchev–Trinajstić information content (AvgIpc) is 3.22. The van der Waals surface area contributed by atoms with Crippen LogP contribution in [-0.2, 0) is 16.1 Å². The molecule has 136 valence electrons. The van der Waals surface area contributed by atoms with Crippen LogP contribution in [0.5, 0.6) is 0 Å². The Morgan fingerprint density at radius 3 is 2.73 bits per heavy atom. The van der Waals surface area contributed by atoms with Gasteiger partial charge in [0, 0.05) is 27.2 Å². The van der Waals surface area contributed by atoms with Gasteiger partial charge in [0.2, 0.25) is 11.8 Å². The molecule has 0 aliphatic rings. The Labute approximate surface area is 157 Å². The minimum Gasteiger partial charge on any atom is -0.355 e. The smallest absolute Gasteiger partial charge is 0.263 e. The summed E-state index contributed by atoms with van der Waals surface area (Å²) in [6.07, 6.45) is 1.37. The molecule has 0 aliphatic heterocycles. The monoisotopic (exact) mass is 390 g/mol. The number of hydrogen-bond acceptors (Lipinski definition) is 6. The molecule has 3 heterocycles. The molecule has 3 rings (SSSR count). The highest BCUT2D eigenvalue weighted by molar-refractivity contribution is 7.19. The molecule has 3 aromatic rings. The lowest BCUT2D eigenvalue weighted by molar-refractivity contribution is -0.126. The summed E-state index contributed by atoms with van der Waals surface area (Å²) < 4.78 is 1.27. The molecule has 2 amide bonds. The summed E-state index contributed by atoms with van der Waals surface area (Å²) >= 11 is 3.02. The second kappa shape index (κ2) is 7.79. The highest BCUT2D eigenvalue weighted by Crippen LogP contribution is 2.34. The van der Waals surface area contributed by atoms with E-state index in [-0.39, 0.29) is 24.6 Å². The van der Waals surface area contributed by atoms with Crippen molar-refractivity contribution in [3.8, 4) is 10.4 Å². The molecular weight excluding hydrogens is 372 g/mol. The number of thiophene rings is 2. The first-order valence-electron chi connectivity index (χ1n) is 8.06. The second-order valence-corrected chi connectivity index (χ2v) is 7.79. The van der Waals surface area contributed by atoms with Gasteiger partial charge in [-0.1, -0.05) is 0 Å². The van der Waals surface area contributed by atoms with Gasteiger partial charge in [0.1, 0.15) is 11.4 Å².